The minimum Gasteiger partial charge on any atom is -0.338 e. The average molecular weight is 449 g/mol. The number of piperidine rings is 1. The van der Waals surface area contributed by atoms with Crippen LogP contribution in [-0.2, 0) is 0 Å². The lowest BCUT2D eigenvalue weighted by atomic mass is 9.99. The molecule has 3 heterocycles. The van der Waals surface area contributed by atoms with Crippen molar-refractivity contribution < 1.29 is 13.6 Å². The molecular formula is C24H21F2N5O2. The maximum Gasteiger partial charge on any atom is 0.258 e. The Morgan fingerprint density at radius 2 is 1.88 bits per heavy atom. The summed E-state index contributed by atoms with van der Waals surface area (Å²) < 4.78 is 28.5. The number of carbonyl (C=O) groups is 1. The molecule has 0 radical (unpaired) electrons. The van der Waals surface area contributed by atoms with E-state index >= 15 is 0 Å². The van der Waals surface area contributed by atoms with Crippen LogP contribution in [-0.4, -0.2) is 43.9 Å². The minimum absolute atomic E-state index is 0.0127. The third-order valence-electron chi connectivity index (χ3n) is 5.98. The van der Waals surface area contributed by atoms with Crippen molar-refractivity contribution >= 4 is 16.8 Å². The molecule has 4 aromatic rings. The number of likely N-dealkylation sites (tertiary alicyclic amines) is 1. The first-order valence-electron chi connectivity index (χ1n) is 10.7. The van der Waals surface area contributed by atoms with Crippen LogP contribution >= 0.6 is 0 Å². The second-order valence-electron chi connectivity index (χ2n) is 8.46. The first-order chi connectivity index (χ1) is 15.9. The van der Waals surface area contributed by atoms with Crippen LogP contribution in [0.15, 0.2) is 53.5 Å². The molecule has 0 saturated carbocycles. The third-order valence-corrected chi connectivity index (χ3v) is 5.98. The summed E-state index contributed by atoms with van der Waals surface area (Å²) in [4.78, 5) is 29.7. The Kier molecular flexibility index (Phi) is 5.24. The van der Waals surface area contributed by atoms with Crippen LogP contribution in [0.3, 0.4) is 0 Å². The summed E-state index contributed by atoms with van der Waals surface area (Å²) in [5, 5.41) is 8.47. The molecule has 1 saturated heterocycles. The van der Waals surface area contributed by atoms with Gasteiger partial charge in [0.25, 0.3) is 11.5 Å². The number of rotatable bonds is 3. The fourth-order valence-electron chi connectivity index (χ4n) is 4.22. The van der Waals surface area contributed by atoms with Gasteiger partial charge in [-0.05, 0) is 55.2 Å². The lowest BCUT2D eigenvalue weighted by molar-refractivity contribution is 0.0683. The summed E-state index contributed by atoms with van der Waals surface area (Å²) in [6, 6.07) is 10.4. The van der Waals surface area contributed by atoms with Crippen molar-refractivity contribution in [2.24, 2.45) is 5.92 Å². The monoisotopic (exact) mass is 449 g/mol. The van der Waals surface area contributed by atoms with Crippen molar-refractivity contribution in [3.63, 3.8) is 0 Å². The molecule has 1 fully saturated rings. The van der Waals surface area contributed by atoms with Crippen molar-refractivity contribution in [3.8, 4) is 16.9 Å². The molecule has 168 valence electrons. The van der Waals surface area contributed by atoms with E-state index in [0.29, 0.717) is 22.6 Å². The van der Waals surface area contributed by atoms with Crippen LogP contribution in [0.2, 0.25) is 0 Å². The first kappa shape index (κ1) is 21.0. The summed E-state index contributed by atoms with van der Waals surface area (Å²) in [5.74, 6) is -1.52. The van der Waals surface area contributed by atoms with Crippen LogP contribution < -0.4 is 5.56 Å². The van der Waals surface area contributed by atoms with Gasteiger partial charge >= 0.3 is 0 Å². The zero-order valence-electron chi connectivity index (χ0n) is 17.9. The van der Waals surface area contributed by atoms with Gasteiger partial charge in [-0.1, -0.05) is 12.1 Å². The van der Waals surface area contributed by atoms with E-state index < -0.39 is 17.2 Å². The number of fused-ring (bicyclic) bond motifs is 1. The van der Waals surface area contributed by atoms with E-state index in [1.165, 1.54) is 10.7 Å². The fraction of sp³-hybridized carbons (Fsp3) is 0.250. The van der Waals surface area contributed by atoms with Gasteiger partial charge < -0.3 is 9.88 Å². The lowest BCUT2D eigenvalue weighted by Crippen LogP contribution is -2.39. The number of pyridine rings is 1. The number of hydrogen-bond donors (Lipinski definition) is 1. The van der Waals surface area contributed by atoms with Crippen LogP contribution in [0.1, 0.15) is 30.1 Å². The van der Waals surface area contributed by atoms with Gasteiger partial charge in [-0.15, -0.1) is 5.10 Å². The van der Waals surface area contributed by atoms with Gasteiger partial charge in [0.05, 0.1) is 23.0 Å². The Morgan fingerprint density at radius 1 is 1.12 bits per heavy atom. The molecule has 1 aliphatic rings. The van der Waals surface area contributed by atoms with Gasteiger partial charge in [0.15, 0.2) is 11.6 Å². The first-order valence-corrected chi connectivity index (χ1v) is 10.7. The molecule has 0 aliphatic carbocycles. The highest BCUT2D eigenvalue weighted by Gasteiger charge is 2.22. The Balaban J connectivity index is 1.41. The molecule has 5 rings (SSSR count). The second kappa shape index (κ2) is 8.23. The molecule has 1 amide bonds. The highest BCUT2D eigenvalue weighted by molar-refractivity contribution is 5.94. The van der Waals surface area contributed by atoms with Gasteiger partial charge in [0, 0.05) is 30.1 Å². The number of aromatic amines is 1. The summed E-state index contributed by atoms with van der Waals surface area (Å²) in [7, 11) is 0. The Hall–Kier alpha value is -3.88. The second-order valence-corrected chi connectivity index (χ2v) is 8.46. The van der Waals surface area contributed by atoms with Gasteiger partial charge in [-0.25, -0.2) is 13.5 Å². The summed E-state index contributed by atoms with van der Waals surface area (Å²) >= 11 is 0. The van der Waals surface area contributed by atoms with E-state index in [4.69, 9.17) is 0 Å². The maximum absolute atomic E-state index is 13.6. The Bertz CT molecular complexity index is 1410. The fourth-order valence-corrected chi connectivity index (χ4v) is 4.22. The van der Waals surface area contributed by atoms with Gasteiger partial charge in [0.2, 0.25) is 0 Å². The van der Waals surface area contributed by atoms with E-state index in [1.54, 1.807) is 30.5 Å². The Labute approximate surface area is 187 Å². The lowest BCUT2D eigenvalue weighted by Gasteiger charge is -2.31. The number of hydrogen-bond acceptors (Lipinski definition) is 4. The quantitative estimate of drug-likeness (QED) is 0.514. The molecule has 0 spiro atoms. The van der Waals surface area contributed by atoms with Crippen molar-refractivity contribution in [1.29, 1.82) is 0 Å². The SMILES string of the molecule is C[C@H]1CCCN(C(=O)c2ccc(-n3cc(-c4cc5cc(F)c(F)cc5[nH]c4=O)nn3)cc2)C1. The number of amides is 1. The van der Waals surface area contributed by atoms with Crippen molar-refractivity contribution in [2.45, 2.75) is 19.8 Å². The van der Waals surface area contributed by atoms with E-state index in [9.17, 15) is 18.4 Å². The van der Waals surface area contributed by atoms with Crippen LogP contribution in [0, 0.1) is 17.6 Å². The number of H-pyrrole nitrogens is 1. The molecule has 0 bridgehead atoms. The van der Waals surface area contributed by atoms with Gasteiger partial charge in [-0.3, -0.25) is 9.59 Å². The van der Waals surface area contributed by atoms with Crippen LogP contribution in [0.25, 0.3) is 27.8 Å². The predicted octanol–water partition coefficient (Wildman–Crippen LogP) is 3.93. The van der Waals surface area contributed by atoms with Gasteiger partial charge in [-0.2, -0.15) is 0 Å². The Morgan fingerprint density at radius 3 is 2.64 bits per heavy atom. The number of halogens is 2. The third kappa shape index (κ3) is 4.02. The molecule has 7 nitrogen and oxygen atoms in total. The number of nitrogens with zero attached hydrogens (tertiary/aromatic N) is 4. The number of benzene rings is 2. The molecule has 1 aliphatic heterocycles. The van der Waals surface area contributed by atoms with E-state index in [0.717, 1.165) is 38.1 Å². The minimum atomic E-state index is -1.03. The van der Waals surface area contributed by atoms with E-state index in [1.807, 2.05) is 4.90 Å². The highest BCUT2D eigenvalue weighted by Crippen LogP contribution is 2.22. The zero-order valence-corrected chi connectivity index (χ0v) is 17.9. The molecule has 33 heavy (non-hydrogen) atoms. The molecule has 9 heteroatoms. The normalized spacial score (nSPS) is 16.3. The van der Waals surface area contributed by atoms with Crippen LogP contribution in [0.4, 0.5) is 8.78 Å². The largest absolute Gasteiger partial charge is 0.338 e. The topological polar surface area (TPSA) is 83.9 Å². The summed E-state index contributed by atoms with van der Waals surface area (Å²) in [6.07, 6.45) is 3.73. The van der Waals surface area contributed by atoms with E-state index in [-0.39, 0.29) is 22.7 Å². The van der Waals surface area contributed by atoms with Crippen molar-refractivity contribution in [3.05, 3.63) is 76.2 Å². The standard InChI is InChI=1S/C24H21F2N5O2/c1-14-3-2-8-30(12-14)24(33)15-4-6-17(7-5-15)31-13-22(28-29-31)18-9-16-10-19(25)20(26)11-21(16)27-23(18)32/h4-7,9-11,13-14H,2-3,8,12H2,1H3,(H,27,32)/t14-/m0/s1. The van der Waals surface area contributed by atoms with Crippen LogP contribution in [0.5, 0.6) is 0 Å². The zero-order chi connectivity index (χ0) is 23.1. The average Bonchev–Trinajstić information content (AvgIpc) is 3.29. The maximum atomic E-state index is 13.6. The number of carbonyl (C=O) groups excluding carboxylic acids is 1. The van der Waals surface area contributed by atoms with Crippen molar-refractivity contribution in [2.75, 3.05) is 13.1 Å². The molecule has 1 atom stereocenters. The smallest absolute Gasteiger partial charge is 0.258 e. The molecule has 2 aromatic heterocycles. The highest BCUT2D eigenvalue weighted by atomic mass is 19.2. The van der Waals surface area contributed by atoms with Crippen molar-refractivity contribution in [1.82, 2.24) is 24.9 Å². The molecule has 2 aromatic carbocycles. The van der Waals surface area contributed by atoms with Gasteiger partial charge in [0.1, 0.15) is 5.69 Å². The molecule has 0 unspecified atom stereocenters. The molecule has 1 N–H and O–H groups in total. The number of nitrogens with one attached hydrogen (secondary N) is 1. The molecular weight excluding hydrogens is 428 g/mol. The predicted molar refractivity (Wildman–Crippen MR) is 119 cm³/mol. The van der Waals surface area contributed by atoms with E-state index in [2.05, 4.69) is 22.2 Å². The summed E-state index contributed by atoms with van der Waals surface area (Å²) in [5.41, 5.74) is 1.45. The summed E-state index contributed by atoms with van der Waals surface area (Å²) in [6.45, 7) is 3.69. The number of aromatic nitrogens is 4.